The number of hydrogen-bond donors (Lipinski definition) is 0. The Morgan fingerprint density at radius 1 is 0.742 bits per heavy atom. The number of benzene rings is 2. The van der Waals surface area contributed by atoms with Crippen molar-refractivity contribution in [3.05, 3.63) is 59.7 Å². The molecule has 2 unspecified atom stereocenters. The summed E-state index contributed by atoms with van der Waals surface area (Å²) >= 11 is -2.52. The molecule has 1 saturated heterocycles. The predicted octanol–water partition coefficient (Wildman–Crippen LogP) is 3.82. The summed E-state index contributed by atoms with van der Waals surface area (Å²) in [5, 5.41) is 0.531. The first-order valence-electron chi connectivity index (χ1n) is 10.9. The van der Waals surface area contributed by atoms with Crippen LogP contribution in [0.4, 0.5) is 0 Å². The van der Waals surface area contributed by atoms with Crippen molar-refractivity contribution in [3.8, 4) is 0 Å². The van der Waals surface area contributed by atoms with Gasteiger partial charge < -0.3 is 0 Å². The van der Waals surface area contributed by atoms with Gasteiger partial charge in [-0.15, -0.1) is 0 Å². The lowest BCUT2D eigenvalue weighted by molar-refractivity contribution is 0.278. The zero-order valence-corrected chi connectivity index (χ0v) is 21.0. The van der Waals surface area contributed by atoms with Crippen molar-refractivity contribution in [2.24, 2.45) is 0 Å². The van der Waals surface area contributed by atoms with E-state index in [-0.39, 0.29) is 21.9 Å². The van der Waals surface area contributed by atoms with Crippen LogP contribution in [0, 0.1) is 13.8 Å². The zero-order chi connectivity index (χ0) is 22.4. The molecule has 1 aliphatic heterocycles. The van der Waals surface area contributed by atoms with Crippen LogP contribution in [0.25, 0.3) is 0 Å². The lowest BCUT2D eigenvalue weighted by Crippen LogP contribution is -2.49. The zero-order valence-electron chi connectivity index (χ0n) is 18.2. The van der Waals surface area contributed by atoms with Gasteiger partial charge in [0.1, 0.15) is 0 Å². The fourth-order valence-corrected chi connectivity index (χ4v) is 15.1. The normalized spacial score (nSPS) is 23.1. The minimum atomic E-state index is -3.78. The number of hydrogen-bond acceptors (Lipinski definition) is 4. The van der Waals surface area contributed by atoms with E-state index in [9.17, 15) is 16.8 Å². The highest BCUT2D eigenvalue weighted by Gasteiger charge is 2.60. The molecule has 0 bridgehead atoms. The van der Waals surface area contributed by atoms with Gasteiger partial charge in [0.15, 0.2) is 0 Å². The lowest BCUT2D eigenvalue weighted by atomic mass is 9.92. The Balaban J connectivity index is 1.82. The van der Waals surface area contributed by atoms with Gasteiger partial charge in [0.25, 0.3) is 0 Å². The van der Waals surface area contributed by atoms with E-state index in [4.69, 9.17) is 0 Å². The SMILES string of the molecule is C[CH2][Al]1[N](S(=O)(=O)c2ccc(C)cc2)C2CCCCC2[N]1S(=O)(=O)c1ccc(C)cc1. The first-order chi connectivity index (χ1) is 14.7. The molecule has 9 heteroatoms. The summed E-state index contributed by atoms with van der Waals surface area (Å²) in [4.78, 5) is 0.505. The van der Waals surface area contributed by atoms with Crippen LogP contribution in [-0.2, 0) is 20.0 Å². The molecule has 2 fully saturated rings. The lowest BCUT2D eigenvalue weighted by Gasteiger charge is -2.34. The molecule has 166 valence electrons. The number of nitrogens with zero attached hydrogens (tertiary/aromatic N) is 2. The van der Waals surface area contributed by atoms with E-state index in [1.54, 1.807) is 55.1 Å². The van der Waals surface area contributed by atoms with Gasteiger partial charge in [-0.25, -0.2) is 16.8 Å². The Bertz CT molecular complexity index is 1060. The highest BCUT2D eigenvalue weighted by atomic mass is 32.2. The predicted molar refractivity (Wildman–Crippen MR) is 123 cm³/mol. The summed E-state index contributed by atoms with van der Waals surface area (Å²) < 4.78 is 58.3. The van der Waals surface area contributed by atoms with E-state index in [0.29, 0.717) is 18.1 Å². The van der Waals surface area contributed by atoms with Crippen LogP contribution in [0.2, 0.25) is 5.28 Å². The summed E-state index contributed by atoms with van der Waals surface area (Å²) in [6.07, 6.45) is 3.26. The van der Waals surface area contributed by atoms with Crippen LogP contribution in [0.3, 0.4) is 0 Å². The quantitative estimate of drug-likeness (QED) is 0.615. The molecular formula is C22H29AlN2O4S2. The Kier molecular flexibility index (Phi) is 6.39. The minimum absolute atomic E-state index is 0.253. The fourth-order valence-electron chi connectivity index (χ4n) is 4.94. The van der Waals surface area contributed by atoms with Gasteiger partial charge in [-0.2, -0.15) is 0 Å². The molecule has 1 aliphatic carbocycles. The van der Waals surface area contributed by atoms with Gasteiger partial charge in [-0.3, -0.25) is 6.58 Å². The number of rotatable bonds is 5. The Morgan fingerprint density at radius 3 is 1.42 bits per heavy atom. The van der Waals surface area contributed by atoms with Crippen molar-refractivity contribution < 1.29 is 16.8 Å². The van der Waals surface area contributed by atoms with E-state index >= 15 is 0 Å². The number of sulfonamides is 2. The topological polar surface area (TPSA) is 74.8 Å². The summed E-state index contributed by atoms with van der Waals surface area (Å²) in [6.45, 7) is 5.76. The fraction of sp³-hybridized carbons (Fsp3) is 0.455. The van der Waals surface area contributed by atoms with Gasteiger partial charge in [0, 0.05) is 12.1 Å². The van der Waals surface area contributed by atoms with E-state index < -0.39 is 34.6 Å². The smallest absolute Gasteiger partial charge is 0.257 e. The number of aryl methyl sites for hydroxylation is 2. The van der Waals surface area contributed by atoms with E-state index in [2.05, 4.69) is 0 Å². The highest BCUT2D eigenvalue weighted by Crippen LogP contribution is 2.42. The van der Waals surface area contributed by atoms with Crippen LogP contribution in [0.5, 0.6) is 0 Å². The van der Waals surface area contributed by atoms with Crippen molar-refractivity contribution in [2.45, 2.75) is 73.6 Å². The standard InChI is InChI=1S/C20H24N2O4S2.C2H5.Al/c1-15-7-11-17(12-8-15)27(23,24)21-19-5-3-4-6-20(19)22-28(25,26)18-13-9-16(2)10-14-18;1-2;/h7-14,19-20H,3-6H2,1-2H3;1H2,2H3;/q-2;;+2. The molecule has 2 atom stereocenters. The van der Waals surface area contributed by atoms with Gasteiger partial charge in [-0.1, -0.05) is 60.4 Å². The van der Waals surface area contributed by atoms with Crippen molar-refractivity contribution in [3.63, 3.8) is 0 Å². The second kappa shape index (κ2) is 8.62. The first-order valence-corrected chi connectivity index (χ1v) is 15.6. The monoisotopic (exact) mass is 476 g/mol. The maximum atomic E-state index is 13.8. The molecule has 1 saturated carbocycles. The summed E-state index contributed by atoms with van der Waals surface area (Å²) in [6, 6.07) is 13.2. The third-order valence-corrected chi connectivity index (χ3v) is 15.7. The van der Waals surface area contributed by atoms with Crippen molar-refractivity contribution in [1.82, 2.24) is 6.58 Å². The molecule has 1 heterocycles. The van der Waals surface area contributed by atoms with E-state index in [1.807, 2.05) is 20.8 Å². The largest absolute Gasteiger partial charge is 0.519 e. The Morgan fingerprint density at radius 2 is 1.10 bits per heavy atom. The molecule has 31 heavy (non-hydrogen) atoms. The average molecular weight is 477 g/mol. The molecular weight excluding hydrogens is 447 g/mol. The second-order valence-corrected chi connectivity index (χ2v) is 15.9. The van der Waals surface area contributed by atoms with Crippen LogP contribution >= 0.6 is 0 Å². The van der Waals surface area contributed by atoms with Crippen LogP contribution in [-0.4, -0.2) is 50.1 Å². The van der Waals surface area contributed by atoms with E-state index in [1.165, 1.54) is 0 Å². The Hall–Kier alpha value is -1.21. The molecule has 6 nitrogen and oxygen atoms in total. The van der Waals surface area contributed by atoms with Gasteiger partial charge in [-0.05, 0) is 51.0 Å². The first kappa shape index (κ1) is 23.0. The molecule has 0 spiro atoms. The molecule has 4 rings (SSSR count). The van der Waals surface area contributed by atoms with Crippen molar-refractivity contribution >= 4 is 34.6 Å². The molecule has 2 aliphatic rings. The molecule has 2 aromatic carbocycles. The van der Waals surface area contributed by atoms with E-state index in [0.717, 1.165) is 24.0 Å². The Labute approximate surface area is 190 Å². The van der Waals surface area contributed by atoms with Crippen molar-refractivity contribution in [1.29, 1.82) is 0 Å². The molecule has 0 N–H and O–H groups in total. The van der Waals surface area contributed by atoms with Gasteiger partial charge in [0.2, 0.25) is 20.0 Å². The van der Waals surface area contributed by atoms with Gasteiger partial charge in [0.05, 0.1) is 9.79 Å². The summed E-state index contributed by atoms with van der Waals surface area (Å²) in [7, 11) is -7.56. The highest BCUT2D eigenvalue weighted by molar-refractivity contribution is 7.92. The third-order valence-electron chi connectivity index (χ3n) is 6.49. The molecule has 2 aromatic rings. The average Bonchev–Trinajstić information content (AvgIpc) is 3.10. The second-order valence-electron chi connectivity index (χ2n) is 8.60. The number of fused-ring (bicyclic) bond motifs is 1. The van der Waals surface area contributed by atoms with Crippen LogP contribution in [0.1, 0.15) is 43.7 Å². The summed E-state index contributed by atoms with van der Waals surface area (Å²) in [5.74, 6) is 0. The molecule has 0 aromatic heterocycles. The maximum Gasteiger partial charge on any atom is 0.519 e. The molecule has 0 radical (unpaired) electrons. The third kappa shape index (κ3) is 4.01. The van der Waals surface area contributed by atoms with Gasteiger partial charge >= 0.3 is 14.6 Å². The van der Waals surface area contributed by atoms with Crippen LogP contribution < -0.4 is 0 Å². The minimum Gasteiger partial charge on any atom is -0.257 e. The maximum absolute atomic E-state index is 13.8. The molecule has 0 amide bonds. The summed E-state index contributed by atoms with van der Waals surface area (Å²) in [5.41, 5.74) is 1.98. The van der Waals surface area contributed by atoms with Crippen LogP contribution in [0.15, 0.2) is 58.3 Å². The van der Waals surface area contributed by atoms with Crippen molar-refractivity contribution in [2.75, 3.05) is 0 Å².